The van der Waals surface area contributed by atoms with Crippen LogP contribution in [0.1, 0.15) is 32.8 Å². The monoisotopic (exact) mass is 247 g/mol. The quantitative estimate of drug-likeness (QED) is 0.801. The molecule has 1 heterocycles. The maximum atomic E-state index is 12.0. The lowest BCUT2D eigenvalue weighted by Gasteiger charge is -2.21. The summed E-state index contributed by atoms with van der Waals surface area (Å²) in [5, 5.41) is 0. The molecule has 0 radical (unpaired) electrons. The van der Waals surface area contributed by atoms with Gasteiger partial charge in [-0.2, -0.15) is 0 Å². The first-order valence-electron chi connectivity index (χ1n) is 6.45. The zero-order valence-electron chi connectivity index (χ0n) is 11.3. The Balaban J connectivity index is 1.89. The van der Waals surface area contributed by atoms with Gasteiger partial charge >= 0.3 is 6.09 Å². The van der Waals surface area contributed by atoms with Crippen LogP contribution < -0.4 is 0 Å². The molecular formula is C15H21NO2. The molecule has 0 bridgehead atoms. The molecule has 1 saturated heterocycles. The van der Waals surface area contributed by atoms with Crippen LogP contribution in [-0.4, -0.2) is 23.6 Å². The van der Waals surface area contributed by atoms with E-state index in [4.69, 9.17) is 4.74 Å². The van der Waals surface area contributed by atoms with Crippen LogP contribution in [0, 0.1) is 5.41 Å². The molecule has 1 atom stereocenters. The number of ether oxygens (including phenoxy) is 1. The summed E-state index contributed by atoms with van der Waals surface area (Å²) in [4.78, 5) is 13.9. The van der Waals surface area contributed by atoms with Crippen molar-refractivity contribution in [3.05, 3.63) is 35.9 Å². The van der Waals surface area contributed by atoms with E-state index in [2.05, 4.69) is 20.8 Å². The molecule has 1 fully saturated rings. The number of rotatable bonds is 2. The van der Waals surface area contributed by atoms with Gasteiger partial charge in [0.2, 0.25) is 0 Å². The van der Waals surface area contributed by atoms with Crippen molar-refractivity contribution in [1.82, 2.24) is 4.90 Å². The first-order chi connectivity index (χ1) is 8.48. The average molecular weight is 247 g/mol. The molecular weight excluding hydrogens is 226 g/mol. The predicted molar refractivity (Wildman–Crippen MR) is 71.2 cm³/mol. The van der Waals surface area contributed by atoms with E-state index in [9.17, 15) is 4.79 Å². The van der Waals surface area contributed by atoms with Gasteiger partial charge in [-0.3, -0.25) is 0 Å². The number of amides is 1. The van der Waals surface area contributed by atoms with Crippen LogP contribution in [0.15, 0.2) is 30.3 Å². The lowest BCUT2D eigenvalue weighted by Crippen LogP contribution is -2.35. The molecule has 98 valence electrons. The van der Waals surface area contributed by atoms with Crippen LogP contribution in [0.4, 0.5) is 4.79 Å². The summed E-state index contributed by atoms with van der Waals surface area (Å²) in [5.41, 5.74) is 1.22. The molecule has 1 aliphatic rings. The molecule has 1 amide bonds. The Morgan fingerprint density at radius 3 is 2.61 bits per heavy atom. The number of nitrogens with zero attached hydrogens (tertiary/aromatic N) is 1. The molecule has 3 heteroatoms. The van der Waals surface area contributed by atoms with Crippen molar-refractivity contribution in [2.24, 2.45) is 5.41 Å². The molecule has 0 saturated carbocycles. The Hall–Kier alpha value is -1.51. The molecule has 1 aliphatic heterocycles. The first-order valence-corrected chi connectivity index (χ1v) is 6.45. The maximum Gasteiger partial charge on any atom is 0.410 e. The summed E-state index contributed by atoms with van der Waals surface area (Å²) in [7, 11) is 0. The number of benzene rings is 1. The number of carbonyl (C=O) groups excluding carboxylic acids is 1. The second kappa shape index (κ2) is 5.01. The van der Waals surface area contributed by atoms with E-state index in [1.807, 2.05) is 35.2 Å². The van der Waals surface area contributed by atoms with E-state index in [-0.39, 0.29) is 17.6 Å². The highest BCUT2D eigenvalue weighted by molar-refractivity contribution is 5.68. The van der Waals surface area contributed by atoms with E-state index in [0.717, 1.165) is 18.5 Å². The topological polar surface area (TPSA) is 29.5 Å². The molecule has 1 aromatic rings. The third-order valence-electron chi connectivity index (χ3n) is 3.42. The molecule has 3 nitrogen and oxygen atoms in total. The van der Waals surface area contributed by atoms with Crippen LogP contribution >= 0.6 is 0 Å². The summed E-state index contributed by atoms with van der Waals surface area (Å²) in [6, 6.07) is 10.0. The van der Waals surface area contributed by atoms with Crippen molar-refractivity contribution in [2.45, 2.75) is 39.8 Å². The largest absolute Gasteiger partial charge is 0.445 e. The van der Waals surface area contributed by atoms with Gasteiger partial charge in [-0.25, -0.2) is 4.79 Å². The molecule has 2 rings (SSSR count). The van der Waals surface area contributed by atoms with Gasteiger partial charge in [-0.05, 0) is 24.3 Å². The summed E-state index contributed by atoms with van der Waals surface area (Å²) in [6.45, 7) is 7.59. The van der Waals surface area contributed by atoms with Gasteiger partial charge in [0.05, 0.1) is 0 Å². The van der Waals surface area contributed by atoms with E-state index < -0.39 is 0 Å². The van der Waals surface area contributed by atoms with Crippen LogP contribution in [0.25, 0.3) is 0 Å². The molecule has 18 heavy (non-hydrogen) atoms. The fraction of sp³-hybridized carbons (Fsp3) is 0.533. The summed E-state index contributed by atoms with van der Waals surface area (Å²) >= 11 is 0. The number of hydrogen-bond donors (Lipinski definition) is 0. The van der Waals surface area contributed by atoms with Crippen molar-refractivity contribution < 1.29 is 9.53 Å². The van der Waals surface area contributed by atoms with Gasteiger partial charge in [-0.1, -0.05) is 44.2 Å². The van der Waals surface area contributed by atoms with Crippen LogP contribution in [0.2, 0.25) is 0 Å². The fourth-order valence-corrected chi connectivity index (χ4v) is 2.64. The van der Waals surface area contributed by atoms with Crippen molar-refractivity contribution in [2.75, 3.05) is 6.54 Å². The van der Waals surface area contributed by atoms with Crippen LogP contribution in [-0.2, 0) is 11.3 Å². The number of carbonyl (C=O) groups is 1. The third kappa shape index (κ3) is 3.03. The van der Waals surface area contributed by atoms with Gasteiger partial charge in [0, 0.05) is 12.6 Å². The predicted octanol–water partition coefficient (Wildman–Crippen LogP) is 3.44. The van der Waals surface area contributed by atoms with Gasteiger partial charge in [0.15, 0.2) is 0 Å². The second-order valence-corrected chi connectivity index (χ2v) is 5.89. The Morgan fingerprint density at radius 2 is 2.06 bits per heavy atom. The number of hydrogen-bond acceptors (Lipinski definition) is 2. The highest BCUT2D eigenvalue weighted by Crippen LogP contribution is 2.33. The van der Waals surface area contributed by atoms with Crippen molar-refractivity contribution >= 4 is 6.09 Å². The van der Waals surface area contributed by atoms with Crippen molar-refractivity contribution in [3.8, 4) is 0 Å². The highest BCUT2D eigenvalue weighted by atomic mass is 16.6. The Kier molecular flexibility index (Phi) is 3.60. The number of likely N-dealkylation sites (tertiary alicyclic amines) is 1. The molecule has 0 spiro atoms. The molecule has 1 aromatic carbocycles. The molecule has 0 N–H and O–H groups in total. The van der Waals surface area contributed by atoms with Crippen molar-refractivity contribution in [1.29, 1.82) is 0 Å². The average Bonchev–Trinajstić information content (AvgIpc) is 2.61. The van der Waals surface area contributed by atoms with Gasteiger partial charge in [-0.15, -0.1) is 0 Å². The standard InChI is InChI=1S/C15H21NO2/c1-12-9-15(2,3)11-16(12)14(17)18-10-13-7-5-4-6-8-13/h4-8,12H,9-11H2,1-3H3. The third-order valence-corrected chi connectivity index (χ3v) is 3.42. The van der Waals surface area contributed by atoms with Gasteiger partial charge in [0.1, 0.15) is 6.61 Å². The van der Waals surface area contributed by atoms with Gasteiger partial charge in [0.25, 0.3) is 0 Å². The minimum absolute atomic E-state index is 0.197. The normalized spacial score (nSPS) is 21.9. The zero-order valence-corrected chi connectivity index (χ0v) is 11.3. The second-order valence-electron chi connectivity index (χ2n) is 5.89. The molecule has 0 aliphatic carbocycles. The van der Waals surface area contributed by atoms with E-state index in [0.29, 0.717) is 6.61 Å². The fourth-order valence-electron chi connectivity index (χ4n) is 2.64. The lowest BCUT2D eigenvalue weighted by molar-refractivity contribution is 0.0921. The zero-order chi connectivity index (χ0) is 13.2. The minimum atomic E-state index is -0.197. The van der Waals surface area contributed by atoms with Crippen LogP contribution in [0.5, 0.6) is 0 Å². The Bertz CT molecular complexity index is 414. The SMILES string of the molecule is CC1CC(C)(C)CN1C(=O)OCc1ccccc1. The van der Waals surface area contributed by atoms with E-state index >= 15 is 0 Å². The van der Waals surface area contributed by atoms with Gasteiger partial charge < -0.3 is 9.64 Å². The summed E-state index contributed by atoms with van der Waals surface area (Å²) in [5.74, 6) is 0. The Labute approximate surface area is 109 Å². The maximum absolute atomic E-state index is 12.0. The van der Waals surface area contributed by atoms with E-state index in [1.165, 1.54) is 0 Å². The van der Waals surface area contributed by atoms with Crippen molar-refractivity contribution in [3.63, 3.8) is 0 Å². The van der Waals surface area contributed by atoms with Crippen LogP contribution in [0.3, 0.4) is 0 Å². The molecule has 1 unspecified atom stereocenters. The molecule has 0 aromatic heterocycles. The lowest BCUT2D eigenvalue weighted by atomic mass is 9.91. The summed E-state index contributed by atoms with van der Waals surface area (Å²) in [6.07, 6.45) is 0.838. The Morgan fingerprint density at radius 1 is 1.39 bits per heavy atom. The smallest absolute Gasteiger partial charge is 0.410 e. The minimum Gasteiger partial charge on any atom is -0.445 e. The van der Waals surface area contributed by atoms with E-state index in [1.54, 1.807) is 0 Å². The highest BCUT2D eigenvalue weighted by Gasteiger charge is 2.38. The first kappa shape index (κ1) is 12.9. The summed E-state index contributed by atoms with van der Waals surface area (Å²) < 4.78 is 5.36.